The molecule has 3 rings (SSSR count). The number of carbonyl (C=O) groups is 1. The van der Waals surface area contributed by atoms with Crippen molar-refractivity contribution in [3.63, 3.8) is 0 Å². The Labute approximate surface area is 121 Å². The predicted octanol–water partition coefficient (Wildman–Crippen LogP) is 3.30. The van der Waals surface area contributed by atoms with Crippen LogP contribution >= 0.6 is 11.6 Å². The van der Waals surface area contributed by atoms with Gasteiger partial charge in [0.15, 0.2) is 0 Å². The molecule has 0 saturated heterocycles. The maximum Gasteiger partial charge on any atom is 0.244 e. The van der Waals surface area contributed by atoms with E-state index in [1.807, 2.05) is 17.0 Å². The Morgan fingerprint density at radius 3 is 2.65 bits per heavy atom. The molecular weight excluding hydrogens is 274 g/mol. The zero-order chi connectivity index (χ0) is 14.1. The van der Waals surface area contributed by atoms with Gasteiger partial charge in [0.05, 0.1) is 23.0 Å². The molecule has 0 unspecified atom stereocenters. The summed E-state index contributed by atoms with van der Waals surface area (Å²) in [4.78, 5) is 13.7. The summed E-state index contributed by atoms with van der Waals surface area (Å²) in [7, 11) is 0. The molecule has 0 aliphatic carbocycles. The third kappa shape index (κ3) is 2.20. The maximum atomic E-state index is 11.8. The number of nitrogens with one attached hydrogen (secondary N) is 1. The highest BCUT2D eigenvalue weighted by Crippen LogP contribution is 2.35. The highest BCUT2D eigenvalue weighted by atomic mass is 35.5. The van der Waals surface area contributed by atoms with Gasteiger partial charge in [-0.25, -0.2) is 0 Å². The van der Waals surface area contributed by atoms with Gasteiger partial charge in [-0.05, 0) is 42.5 Å². The van der Waals surface area contributed by atoms with E-state index in [0.717, 1.165) is 11.4 Å². The first kappa shape index (κ1) is 12.5. The molecule has 4 nitrogen and oxygen atoms in total. The predicted molar refractivity (Wildman–Crippen MR) is 78.2 cm³/mol. The van der Waals surface area contributed by atoms with Crippen LogP contribution in [0.3, 0.4) is 0 Å². The smallest absolute Gasteiger partial charge is 0.244 e. The first-order valence-corrected chi connectivity index (χ1v) is 6.42. The summed E-state index contributed by atoms with van der Waals surface area (Å²) in [5, 5.41) is 12.5. The van der Waals surface area contributed by atoms with Crippen molar-refractivity contribution in [2.45, 2.75) is 0 Å². The van der Waals surface area contributed by atoms with Crippen molar-refractivity contribution >= 4 is 34.6 Å². The molecule has 0 radical (unpaired) electrons. The second-order valence-electron chi connectivity index (χ2n) is 4.45. The number of hydrogen-bond acceptors (Lipinski definition) is 3. The average molecular weight is 284 g/mol. The highest BCUT2D eigenvalue weighted by Gasteiger charge is 2.23. The van der Waals surface area contributed by atoms with E-state index in [2.05, 4.69) is 11.4 Å². The van der Waals surface area contributed by atoms with Crippen molar-refractivity contribution in [1.82, 2.24) is 0 Å². The number of nitriles is 1. The molecular formula is C15H10ClN3O. The molecule has 0 spiro atoms. The number of nitrogens with zero attached hydrogens (tertiary/aromatic N) is 2. The van der Waals surface area contributed by atoms with Crippen LogP contribution in [0.2, 0.25) is 5.02 Å². The van der Waals surface area contributed by atoms with Gasteiger partial charge in [0, 0.05) is 10.7 Å². The number of benzene rings is 2. The molecule has 1 amide bonds. The van der Waals surface area contributed by atoms with Crippen molar-refractivity contribution < 1.29 is 4.79 Å². The van der Waals surface area contributed by atoms with Crippen molar-refractivity contribution in [3.8, 4) is 6.07 Å². The SMILES string of the molecule is N#Cc1ccc2c(c1)N(c1ccc(Cl)cc1)CC(=O)N2. The van der Waals surface area contributed by atoms with Crippen LogP contribution in [0.1, 0.15) is 5.56 Å². The third-order valence-electron chi connectivity index (χ3n) is 3.13. The normalized spacial score (nSPS) is 13.4. The molecule has 2 aromatic rings. The Balaban J connectivity index is 2.11. The molecule has 1 heterocycles. The zero-order valence-electron chi connectivity index (χ0n) is 10.4. The molecule has 98 valence electrons. The van der Waals surface area contributed by atoms with E-state index in [9.17, 15) is 4.79 Å². The van der Waals surface area contributed by atoms with Crippen LogP contribution in [0, 0.1) is 11.3 Å². The number of anilines is 3. The second-order valence-corrected chi connectivity index (χ2v) is 4.89. The van der Waals surface area contributed by atoms with Gasteiger partial charge in [0.25, 0.3) is 0 Å². The quantitative estimate of drug-likeness (QED) is 0.873. The highest BCUT2D eigenvalue weighted by molar-refractivity contribution is 6.30. The standard InChI is InChI=1S/C15H10ClN3O/c16-11-2-4-12(5-3-11)19-9-15(20)18-13-6-1-10(8-17)7-14(13)19/h1-7H,9H2,(H,18,20). The summed E-state index contributed by atoms with van der Waals surface area (Å²) < 4.78 is 0. The molecule has 0 saturated carbocycles. The Bertz CT molecular complexity index is 719. The van der Waals surface area contributed by atoms with Gasteiger partial charge in [-0.1, -0.05) is 11.6 Å². The molecule has 1 aliphatic heterocycles. The Kier molecular flexibility index (Phi) is 3.05. The molecule has 1 N–H and O–H groups in total. The van der Waals surface area contributed by atoms with E-state index in [-0.39, 0.29) is 12.5 Å². The van der Waals surface area contributed by atoms with Gasteiger partial charge in [-0.2, -0.15) is 5.26 Å². The van der Waals surface area contributed by atoms with Crippen LogP contribution in [0.4, 0.5) is 17.1 Å². The van der Waals surface area contributed by atoms with Crippen LogP contribution in [0.25, 0.3) is 0 Å². The van der Waals surface area contributed by atoms with Gasteiger partial charge in [0.1, 0.15) is 6.54 Å². The number of fused-ring (bicyclic) bond motifs is 1. The number of hydrogen-bond donors (Lipinski definition) is 1. The number of rotatable bonds is 1. The minimum absolute atomic E-state index is 0.0860. The van der Waals surface area contributed by atoms with Crippen LogP contribution < -0.4 is 10.2 Å². The van der Waals surface area contributed by atoms with Crippen LogP contribution in [-0.4, -0.2) is 12.5 Å². The fourth-order valence-corrected chi connectivity index (χ4v) is 2.33. The summed E-state index contributed by atoms with van der Waals surface area (Å²) >= 11 is 5.89. The van der Waals surface area contributed by atoms with Crippen molar-refractivity contribution in [2.24, 2.45) is 0 Å². The summed E-state index contributed by atoms with van der Waals surface area (Å²) in [6.07, 6.45) is 0. The minimum atomic E-state index is -0.0860. The lowest BCUT2D eigenvalue weighted by molar-refractivity contribution is -0.115. The van der Waals surface area contributed by atoms with E-state index >= 15 is 0 Å². The van der Waals surface area contributed by atoms with Gasteiger partial charge in [-0.15, -0.1) is 0 Å². The first-order valence-electron chi connectivity index (χ1n) is 6.04. The van der Waals surface area contributed by atoms with Crippen molar-refractivity contribution in [3.05, 3.63) is 53.1 Å². The summed E-state index contributed by atoms with van der Waals surface area (Å²) in [6, 6.07) is 14.6. The van der Waals surface area contributed by atoms with Crippen molar-refractivity contribution in [2.75, 3.05) is 16.8 Å². The summed E-state index contributed by atoms with van der Waals surface area (Å²) in [6.45, 7) is 0.212. The molecule has 20 heavy (non-hydrogen) atoms. The van der Waals surface area contributed by atoms with Crippen molar-refractivity contribution in [1.29, 1.82) is 5.26 Å². The van der Waals surface area contributed by atoms with E-state index in [0.29, 0.717) is 16.3 Å². The Morgan fingerprint density at radius 2 is 1.95 bits per heavy atom. The second kappa shape index (κ2) is 4.87. The van der Waals surface area contributed by atoms with Gasteiger partial charge in [0.2, 0.25) is 5.91 Å². The van der Waals surface area contributed by atoms with Crippen LogP contribution in [-0.2, 0) is 4.79 Å². The third-order valence-corrected chi connectivity index (χ3v) is 3.38. The van der Waals surface area contributed by atoms with Crippen LogP contribution in [0.5, 0.6) is 0 Å². The molecule has 0 atom stereocenters. The molecule has 1 aliphatic rings. The molecule has 2 aromatic carbocycles. The van der Waals surface area contributed by atoms with E-state index in [1.165, 1.54) is 0 Å². The number of halogens is 1. The largest absolute Gasteiger partial charge is 0.330 e. The number of amides is 1. The fourth-order valence-electron chi connectivity index (χ4n) is 2.20. The van der Waals surface area contributed by atoms with Crippen LogP contribution in [0.15, 0.2) is 42.5 Å². The van der Waals surface area contributed by atoms with E-state index in [4.69, 9.17) is 16.9 Å². The molecule has 5 heteroatoms. The minimum Gasteiger partial charge on any atom is -0.330 e. The number of carbonyl (C=O) groups excluding carboxylic acids is 1. The van der Waals surface area contributed by atoms with Gasteiger partial charge >= 0.3 is 0 Å². The van der Waals surface area contributed by atoms with Gasteiger partial charge in [-0.3, -0.25) is 4.79 Å². The first-order chi connectivity index (χ1) is 9.67. The molecule has 0 bridgehead atoms. The Morgan fingerprint density at radius 1 is 1.20 bits per heavy atom. The zero-order valence-corrected chi connectivity index (χ0v) is 11.2. The van der Waals surface area contributed by atoms with Gasteiger partial charge < -0.3 is 10.2 Å². The average Bonchev–Trinajstić information content (AvgIpc) is 2.47. The lowest BCUT2D eigenvalue weighted by atomic mass is 10.1. The van der Waals surface area contributed by atoms with E-state index < -0.39 is 0 Å². The molecule has 0 fully saturated rings. The summed E-state index contributed by atoms with van der Waals surface area (Å²) in [5.74, 6) is -0.0860. The van der Waals surface area contributed by atoms with E-state index in [1.54, 1.807) is 30.3 Å². The lowest BCUT2D eigenvalue weighted by Gasteiger charge is -2.31. The fraction of sp³-hybridized carbons (Fsp3) is 0.0667. The maximum absolute atomic E-state index is 11.8. The monoisotopic (exact) mass is 283 g/mol. The summed E-state index contributed by atoms with van der Waals surface area (Å²) in [5.41, 5.74) is 2.93. The lowest BCUT2D eigenvalue weighted by Crippen LogP contribution is -2.35. The molecule has 0 aromatic heterocycles. The topological polar surface area (TPSA) is 56.1 Å². The Hall–Kier alpha value is -2.51.